The van der Waals surface area contributed by atoms with E-state index in [-0.39, 0.29) is 16.6 Å². The summed E-state index contributed by atoms with van der Waals surface area (Å²) in [5.41, 5.74) is 1.93. The number of hydrogen-bond acceptors (Lipinski definition) is 6. The van der Waals surface area contributed by atoms with Crippen LogP contribution >= 0.6 is 0 Å². The Morgan fingerprint density at radius 1 is 0.966 bits per heavy atom. The highest BCUT2D eigenvalue weighted by Crippen LogP contribution is 2.20. The summed E-state index contributed by atoms with van der Waals surface area (Å²) in [6.07, 6.45) is 0. The minimum absolute atomic E-state index is 0.150. The van der Waals surface area contributed by atoms with Crippen LogP contribution in [0.3, 0.4) is 0 Å². The zero-order valence-corrected chi connectivity index (χ0v) is 17.3. The fourth-order valence-electron chi connectivity index (χ4n) is 3.27. The molecule has 0 saturated carbocycles. The molecule has 2 aromatic rings. The molecule has 154 valence electrons. The first-order valence-electron chi connectivity index (χ1n) is 9.32. The Kier molecular flexibility index (Phi) is 6.46. The Morgan fingerprint density at radius 2 is 1.62 bits per heavy atom. The number of rotatable bonds is 6. The standard InChI is InChI=1S/C21H24N2O5S/c1-16(24)19-4-3-5-20(14-19)29(26,27)23-12-10-22(11-13-23)15-17-6-8-18(9-7-17)21(25)28-2/h3-9,14H,10-13,15H2,1-2H3. The van der Waals surface area contributed by atoms with Crippen molar-refractivity contribution in [3.63, 3.8) is 0 Å². The molecule has 1 saturated heterocycles. The smallest absolute Gasteiger partial charge is 0.337 e. The minimum atomic E-state index is -3.63. The lowest BCUT2D eigenvalue weighted by Gasteiger charge is -2.34. The molecule has 2 aromatic carbocycles. The van der Waals surface area contributed by atoms with Gasteiger partial charge in [-0.3, -0.25) is 9.69 Å². The minimum Gasteiger partial charge on any atom is -0.465 e. The fourth-order valence-corrected chi connectivity index (χ4v) is 4.74. The van der Waals surface area contributed by atoms with Crippen molar-refractivity contribution in [3.05, 3.63) is 65.2 Å². The van der Waals surface area contributed by atoms with Gasteiger partial charge in [0.1, 0.15) is 0 Å². The van der Waals surface area contributed by atoms with Crippen LogP contribution in [-0.4, -0.2) is 62.7 Å². The van der Waals surface area contributed by atoms with Crippen LogP contribution in [0.15, 0.2) is 53.4 Å². The summed E-state index contributed by atoms with van der Waals surface area (Å²) in [5, 5.41) is 0. The second-order valence-corrected chi connectivity index (χ2v) is 8.89. The van der Waals surface area contributed by atoms with Crippen LogP contribution in [0.5, 0.6) is 0 Å². The summed E-state index contributed by atoms with van der Waals surface area (Å²) in [6.45, 7) is 4.06. The van der Waals surface area contributed by atoms with Gasteiger partial charge in [-0.2, -0.15) is 4.31 Å². The van der Waals surface area contributed by atoms with Crippen LogP contribution in [0.1, 0.15) is 33.2 Å². The average Bonchev–Trinajstić information content (AvgIpc) is 2.74. The summed E-state index contributed by atoms with van der Waals surface area (Å²) < 4.78 is 32.0. The van der Waals surface area contributed by atoms with E-state index in [1.165, 1.54) is 30.5 Å². The first-order chi connectivity index (χ1) is 13.8. The van der Waals surface area contributed by atoms with Crippen molar-refractivity contribution in [2.45, 2.75) is 18.4 Å². The maximum absolute atomic E-state index is 12.9. The Morgan fingerprint density at radius 3 is 2.21 bits per heavy atom. The van der Waals surface area contributed by atoms with E-state index in [4.69, 9.17) is 4.74 Å². The molecule has 0 aromatic heterocycles. The van der Waals surface area contributed by atoms with E-state index in [9.17, 15) is 18.0 Å². The van der Waals surface area contributed by atoms with Gasteiger partial charge in [0.2, 0.25) is 10.0 Å². The van der Waals surface area contributed by atoms with Crippen molar-refractivity contribution >= 4 is 21.8 Å². The van der Waals surface area contributed by atoms with Crippen molar-refractivity contribution in [2.75, 3.05) is 33.3 Å². The van der Waals surface area contributed by atoms with E-state index in [1.54, 1.807) is 24.3 Å². The van der Waals surface area contributed by atoms with Crippen molar-refractivity contribution in [3.8, 4) is 0 Å². The zero-order chi connectivity index (χ0) is 21.0. The highest BCUT2D eigenvalue weighted by molar-refractivity contribution is 7.89. The number of methoxy groups -OCH3 is 1. The molecule has 8 heteroatoms. The third-order valence-corrected chi connectivity index (χ3v) is 6.89. The summed E-state index contributed by atoms with van der Waals surface area (Å²) >= 11 is 0. The van der Waals surface area contributed by atoms with Gasteiger partial charge in [0.05, 0.1) is 17.6 Å². The van der Waals surface area contributed by atoms with Crippen LogP contribution in [0, 0.1) is 0 Å². The van der Waals surface area contributed by atoms with Gasteiger partial charge in [-0.05, 0) is 36.8 Å². The zero-order valence-electron chi connectivity index (χ0n) is 16.5. The van der Waals surface area contributed by atoms with Crippen molar-refractivity contribution in [1.29, 1.82) is 0 Å². The number of ether oxygens (including phenoxy) is 1. The molecule has 0 amide bonds. The Hall–Kier alpha value is -2.55. The maximum Gasteiger partial charge on any atom is 0.337 e. The summed E-state index contributed by atoms with van der Waals surface area (Å²) in [6, 6.07) is 13.4. The first kappa shape index (κ1) is 21.2. The highest BCUT2D eigenvalue weighted by atomic mass is 32.2. The molecule has 0 aliphatic carbocycles. The fraction of sp³-hybridized carbons (Fsp3) is 0.333. The number of ketones is 1. The van der Waals surface area contributed by atoms with Crippen LogP contribution in [0.4, 0.5) is 0 Å². The Bertz CT molecular complexity index is 994. The number of carbonyl (C=O) groups is 2. The maximum atomic E-state index is 12.9. The second-order valence-electron chi connectivity index (χ2n) is 6.95. The largest absolute Gasteiger partial charge is 0.465 e. The van der Waals surface area contributed by atoms with E-state index in [2.05, 4.69) is 4.90 Å². The number of benzene rings is 2. The van der Waals surface area contributed by atoms with E-state index in [0.29, 0.717) is 43.9 Å². The molecule has 3 rings (SSSR count). The molecule has 1 aliphatic rings. The van der Waals surface area contributed by atoms with Crippen molar-refractivity contribution in [2.24, 2.45) is 0 Å². The number of sulfonamides is 1. The van der Waals surface area contributed by atoms with Gasteiger partial charge in [0.15, 0.2) is 5.78 Å². The number of hydrogen-bond donors (Lipinski definition) is 0. The number of esters is 1. The molecule has 1 fully saturated rings. The normalized spacial score (nSPS) is 15.8. The molecule has 0 radical (unpaired) electrons. The van der Waals surface area contributed by atoms with Crippen LogP contribution in [0.2, 0.25) is 0 Å². The monoisotopic (exact) mass is 416 g/mol. The van der Waals surface area contributed by atoms with E-state index < -0.39 is 10.0 Å². The van der Waals surface area contributed by atoms with Gasteiger partial charge in [-0.1, -0.05) is 24.3 Å². The molecular weight excluding hydrogens is 392 g/mol. The lowest BCUT2D eigenvalue weighted by molar-refractivity contribution is 0.0600. The molecule has 7 nitrogen and oxygen atoms in total. The third kappa shape index (κ3) is 4.90. The van der Waals surface area contributed by atoms with Crippen LogP contribution < -0.4 is 0 Å². The van der Waals surface area contributed by atoms with Gasteiger partial charge in [-0.25, -0.2) is 13.2 Å². The summed E-state index contributed by atoms with van der Waals surface area (Å²) in [7, 11) is -2.28. The van der Waals surface area contributed by atoms with Crippen molar-refractivity contribution < 1.29 is 22.7 Å². The Balaban J connectivity index is 1.62. The molecular formula is C21H24N2O5S. The number of carbonyl (C=O) groups excluding carboxylic acids is 2. The highest BCUT2D eigenvalue weighted by Gasteiger charge is 2.28. The number of Topliss-reactive ketones (excluding diaryl/α,β-unsaturated/α-hetero) is 1. The van der Waals surface area contributed by atoms with Crippen LogP contribution in [0.25, 0.3) is 0 Å². The molecule has 0 spiro atoms. The number of nitrogens with zero attached hydrogens (tertiary/aromatic N) is 2. The topological polar surface area (TPSA) is 84.0 Å². The molecule has 0 atom stereocenters. The van der Waals surface area contributed by atoms with Gasteiger partial charge < -0.3 is 4.74 Å². The lowest BCUT2D eigenvalue weighted by Crippen LogP contribution is -2.48. The molecule has 0 bridgehead atoms. The van der Waals surface area contributed by atoms with Gasteiger partial charge in [0, 0.05) is 38.3 Å². The summed E-state index contributed by atoms with van der Waals surface area (Å²) in [5.74, 6) is -0.533. The van der Waals surface area contributed by atoms with E-state index in [0.717, 1.165) is 5.56 Å². The molecule has 29 heavy (non-hydrogen) atoms. The summed E-state index contributed by atoms with van der Waals surface area (Å²) in [4.78, 5) is 25.4. The van der Waals surface area contributed by atoms with Crippen LogP contribution in [-0.2, 0) is 21.3 Å². The van der Waals surface area contributed by atoms with E-state index in [1.807, 2.05) is 12.1 Å². The lowest BCUT2D eigenvalue weighted by atomic mass is 10.1. The molecule has 1 aliphatic heterocycles. The molecule has 1 heterocycles. The quantitative estimate of drug-likeness (QED) is 0.530. The number of piperazine rings is 1. The Labute approximate surface area is 170 Å². The predicted octanol–water partition coefficient (Wildman–Crippen LogP) is 2.18. The molecule has 0 unspecified atom stereocenters. The first-order valence-corrected chi connectivity index (χ1v) is 10.8. The second kappa shape index (κ2) is 8.86. The predicted molar refractivity (Wildman–Crippen MR) is 108 cm³/mol. The average molecular weight is 416 g/mol. The van der Waals surface area contributed by atoms with E-state index >= 15 is 0 Å². The molecule has 0 N–H and O–H groups in total. The van der Waals surface area contributed by atoms with Gasteiger partial charge >= 0.3 is 5.97 Å². The third-order valence-electron chi connectivity index (χ3n) is 4.99. The van der Waals surface area contributed by atoms with Crippen molar-refractivity contribution in [1.82, 2.24) is 9.21 Å². The SMILES string of the molecule is COC(=O)c1ccc(CN2CCN(S(=O)(=O)c3cccc(C(C)=O)c3)CC2)cc1. The van der Waals surface area contributed by atoms with Gasteiger partial charge in [0.25, 0.3) is 0 Å². The van der Waals surface area contributed by atoms with Gasteiger partial charge in [-0.15, -0.1) is 0 Å².